The van der Waals surface area contributed by atoms with Crippen molar-refractivity contribution in [3.05, 3.63) is 63.6 Å². The van der Waals surface area contributed by atoms with E-state index in [9.17, 15) is 14.7 Å². The van der Waals surface area contributed by atoms with E-state index in [1.807, 2.05) is 6.92 Å². The van der Waals surface area contributed by atoms with Gasteiger partial charge in [0.1, 0.15) is 17.2 Å². The third kappa shape index (κ3) is 3.73. The average molecular weight is 379 g/mol. The first-order valence-corrected chi connectivity index (χ1v) is 8.64. The fraction of sp³-hybridized carbons (Fsp3) is 0.190. The van der Waals surface area contributed by atoms with Crippen LogP contribution in [-0.2, 0) is 6.54 Å². The van der Waals surface area contributed by atoms with Gasteiger partial charge in [0.25, 0.3) is 5.56 Å². The van der Waals surface area contributed by atoms with Crippen molar-refractivity contribution in [2.24, 2.45) is 0 Å². The normalized spacial score (nSPS) is 11.1. The number of benzene rings is 2. The SMILES string of the molecule is CCn1c(=O)c(/C=C/c2cc(OC)cc(OC)c2)nc2cc(C(=O)[O-])ccc21. The van der Waals surface area contributed by atoms with E-state index in [0.29, 0.717) is 29.1 Å². The van der Waals surface area contributed by atoms with E-state index >= 15 is 0 Å². The second kappa shape index (κ2) is 7.96. The fourth-order valence-electron chi connectivity index (χ4n) is 2.92. The van der Waals surface area contributed by atoms with Crippen molar-refractivity contribution in [3.8, 4) is 11.5 Å². The predicted molar refractivity (Wildman–Crippen MR) is 104 cm³/mol. The molecular weight excluding hydrogens is 360 g/mol. The van der Waals surface area contributed by atoms with Crippen LogP contribution in [0.4, 0.5) is 0 Å². The molecule has 0 amide bonds. The van der Waals surface area contributed by atoms with Crippen LogP contribution >= 0.6 is 0 Å². The van der Waals surface area contributed by atoms with Crippen LogP contribution in [0.25, 0.3) is 23.2 Å². The summed E-state index contributed by atoms with van der Waals surface area (Å²) >= 11 is 0. The molecule has 0 radical (unpaired) electrons. The first kappa shape index (κ1) is 19.2. The zero-order valence-corrected chi connectivity index (χ0v) is 15.8. The van der Waals surface area contributed by atoms with E-state index < -0.39 is 5.97 Å². The monoisotopic (exact) mass is 379 g/mol. The Balaban J connectivity index is 2.12. The molecule has 0 spiro atoms. The first-order chi connectivity index (χ1) is 13.5. The van der Waals surface area contributed by atoms with Gasteiger partial charge in [-0.1, -0.05) is 12.1 Å². The molecule has 0 aliphatic heterocycles. The Morgan fingerprint density at radius 3 is 2.36 bits per heavy atom. The Morgan fingerprint density at radius 2 is 1.79 bits per heavy atom. The van der Waals surface area contributed by atoms with Crippen molar-refractivity contribution in [3.63, 3.8) is 0 Å². The number of fused-ring (bicyclic) bond motifs is 1. The third-order valence-corrected chi connectivity index (χ3v) is 4.33. The standard InChI is InChI=1S/C21H20N2O5/c1-4-23-19-8-6-14(21(25)26)11-18(19)22-17(20(23)24)7-5-13-9-15(27-2)12-16(10-13)28-3/h5-12H,4H2,1-3H3,(H,25,26)/p-1/b7-5+. The van der Waals surface area contributed by atoms with E-state index in [0.717, 1.165) is 5.56 Å². The number of aromatic nitrogens is 2. The first-order valence-electron chi connectivity index (χ1n) is 8.64. The van der Waals surface area contributed by atoms with E-state index in [4.69, 9.17) is 9.47 Å². The lowest BCUT2D eigenvalue weighted by Crippen LogP contribution is -2.25. The molecular formula is C21H19N2O5-. The summed E-state index contributed by atoms with van der Waals surface area (Å²) < 4.78 is 12.0. The third-order valence-electron chi connectivity index (χ3n) is 4.33. The number of carboxylic acid groups (broad SMARTS) is 1. The molecule has 28 heavy (non-hydrogen) atoms. The molecule has 0 aliphatic rings. The Kier molecular flexibility index (Phi) is 5.44. The number of aryl methyl sites for hydroxylation is 1. The van der Waals surface area contributed by atoms with E-state index in [1.54, 1.807) is 55.2 Å². The summed E-state index contributed by atoms with van der Waals surface area (Å²) in [4.78, 5) is 28.3. The molecule has 7 heteroatoms. The molecule has 0 fully saturated rings. The van der Waals surface area contributed by atoms with Gasteiger partial charge in [-0.3, -0.25) is 4.79 Å². The summed E-state index contributed by atoms with van der Waals surface area (Å²) in [5, 5.41) is 11.1. The summed E-state index contributed by atoms with van der Waals surface area (Å²) in [6.45, 7) is 2.27. The largest absolute Gasteiger partial charge is 0.545 e. The van der Waals surface area contributed by atoms with E-state index in [2.05, 4.69) is 4.98 Å². The molecule has 0 bridgehead atoms. The summed E-state index contributed by atoms with van der Waals surface area (Å²) in [6.07, 6.45) is 3.32. The molecule has 0 atom stereocenters. The highest BCUT2D eigenvalue weighted by molar-refractivity contribution is 5.91. The van der Waals surface area contributed by atoms with Crippen LogP contribution in [0.3, 0.4) is 0 Å². The van der Waals surface area contributed by atoms with Gasteiger partial charge >= 0.3 is 0 Å². The lowest BCUT2D eigenvalue weighted by atomic mass is 10.1. The molecule has 0 aliphatic carbocycles. The van der Waals surface area contributed by atoms with Crippen LogP contribution in [0, 0.1) is 0 Å². The molecule has 0 saturated carbocycles. The number of carbonyl (C=O) groups is 1. The number of ether oxygens (including phenoxy) is 2. The topological polar surface area (TPSA) is 93.5 Å². The van der Waals surface area contributed by atoms with Gasteiger partial charge in [-0.05, 0) is 48.4 Å². The minimum Gasteiger partial charge on any atom is -0.545 e. The van der Waals surface area contributed by atoms with Gasteiger partial charge in [0.15, 0.2) is 0 Å². The molecule has 144 valence electrons. The average Bonchev–Trinajstić information content (AvgIpc) is 2.71. The summed E-state index contributed by atoms with van der Waals surface area (Å²) in [5.74, 6) is -0.0522. The van der Waals surface area contributed by atoms with E-state index in [-0.39, 0.29) is 16.8 Å². The van der Waals surface area contributed by atoms with Crippen LogP contribution in [-0.4, -0.2) is 29.7 Å². The quantitative estimate of drug-likeness (QED) is 0.650. The molecule has 0 saturated heterocycles. The Morgan fingerprint density at radius 1 is 1.11 bits per heavy atom. The van der Waals surface area contributed by atoms with E-state index in [1.165, 1.54) is 12.1 Å². The number of methoxy groups -OCH3 is 2. The van der Waals surface area contributed by atoms with Crippen LogP contribution in [0.15, 0.2) is 41.2 Å². The zero-order chi connectivity index (χ0) is 20.3. The molecule has 3 rings (SSSR count). The zero-order valence-electron chi connectivity index (χ0n) is 15.8. The Bertz CT molecular complexity index is 1110. The van der Waals surface area contributed by atoms with Crippen LogP contribution < -0.4 is 20.1 Å². The van der Waals surface area contributed by atoms with Crippen molar-refractivity contribution in [2.75, 3.05) is 14.2 Å². The maximum atomic E-state index is 12.8. The summed E-state index contributed by atoms with van der Waals surface area (Å²) in [6, 6.07) is 9.72. The maximum absolute atomic E-state index is 12.8. The fourth-order valence-corrected chi connectivity index (χ4v) is 2.92. The highest BCUT2D eigenvalue weighted by Gasteiger charge is 2.09. The van der Waals surface area contributed by atoms with Crippen molar-refractivity contribution in [2.45, 2.75) is 13.5 Å². The van der Waals surface area contributed by atoms with Gasteiger partial charge < -0.3 is 23.9 Å². The second-order valence-electron chi connectivity index (χ2n) is 6.02. The minimum atomic E-state index is -1.29. The van der Waals surface area contributed by atoms with Crippen molar-refractivity contribution >= 4 is 29.2 Å². The van der Waals surface area contributed by atoms with Gasteiger partial charge in [-0.25, -0.2) is 4.98 Å². The van der Waals surface area contributed by atoms with Gasteiger partial charge in [-0.2, -0.15) is 0 Å². The summed E-state index contributed by atoms with van der Waals surface area (Å²) in [7, 11) is 3.12. The number of aromatic carboxylic acids is 1. The lowest BCUT2D eigenvalue weighted by molar-refractivity contribution is -0.255. The number of carboxylic acids is 1. The van der Waals surface area contributed by atoms with Gasteiger partial charge in [0, 0.05) is 12.6 Å². The Hall–Kier alpha value is -3.61. The molecule has 1 aromatic heterocycles. The van der Waals surface area contributed by atoms with Gasteiger partial charge in [0.05, 0.1) is 31.2 Å². The number of hydrogen-bond donors (Lipinski definition) is 0. The molecule has 1 heterocycles. The van der Waals surface area contributed by atoms with Gasteiger partial charge in [-0.15, -0.1) is 0 Å². The van der Waals surface area contributed by atoms with Gasteiger partial charge in [0.2, 0.25) is 0 Å². The highest BCUT2D eigenvalue weighted by Crippen LogP contribution is 2.23. The lowest BCUT2D eigenvalue weighted by Gasteiger charge is -2.11. The van der Waals surface area contributed by atoms with Crippen molar-refractivity contribution < 1.29 is 19.4 Å². The Labute approximate surface area is 161 Å². The molecule has 0 unspecified atom stereocenters. The maximum Gasteiger partial charge on any atom is 0.276 e. The van der Waals surface area contributed by atoms with Crippen LogP contribution in [0.2, 0.25) is 0 Å². The van der Waals surface area contributed by atoms with Crippen LogP contribution in [0.5, 0.6) is 11.5 Å². The molecule has 2 aromatic carbocycles. The smallest absolute Gasteiger partial charge is 0.276 e. The summed E-state index contributed by atoms with van der Waals surface area (Å²) in [5.41, 5.74) is 1.69. The minimum absolute atomic E-state index is 0.00811. The molecule has 0 N–H and O–H groups in total. The number of carbonyl (C=O) groups excluding carboxylic acids is 1. The van der Waals surface area contributed by atoms with Crippen LogP contribution in [0.1, 0.15) is 28.5 Å². The highest BCUT2D eigenvalue weighted by atomic mass is 16.5. The van der Waals surface area contributed by atoms with Crippen molar-refractivity contribution in [1.29, 1.82) is 0 Å². The number of hydrogen-bond acceptors (Lipinski definition) is 6. The molecule has 3 aromatic rings. The number of rotatable bonds is 6. The molecule has 7 nitrogen and oxygen atoms in total. The second-order valence-corrected chi connectivity index (χ2v) is 6.02. The number of nitrogens with zero attached hydrogens (tertiary/aromatic N) is 2. The van der Waals surface area contributed by atoms with Crippen molar-refractivity contribution in [1.82, 2.24) is 9.55 Å². The predicted octanol–water partition coefficient (Wildman–Crippen LogP) is 1.97.